The third-order valence-electron chi connectivity index (χ3n) is 3.14. The van der Waals surface area contributed by atoms with Crippen LogP contribution in [-0.2, 0) is 6.54 Å². The summed E-state index contributed by atoms with van der Waals surface area (Å²) in [7, 11) is 0. The molecule has 21 heavy (non-hydrogen) atoms. The van der Waals surface area contributed by atoms with Crippen molar-refractivity contribution in [3.05, 3.63) is 66.8 Å². The molecule has 6 heteroatoms. The molecule has 0 radical (unpaired) electrons. The van der Waals surface area contributed by atoms with Gasteiger partial charge in [0.2, 0.25) is 0 Å². The maximum atomic E-state index is 13.3. The maximum Gasteiger partial charge on any atom is 0.123 e. The Morgan fingerprint density at radius 3 is 2.57 bits per heavy atom. The van der Waals surface area contributed by atoms with Crippen LogP contribution in [0.4, 0.5) is 4.39 Å². The molecule has 0 bridgehead atoms. The second-order valence-electron chi connectivity index (χ2n) is 4.60. The van der Waals surface area contributed by atoms with Crippen molar-refractivity contribution in [2.45, 2.75) is 19.5 Å². The molecule has 0 spiro atoms. The van der Waals surface area contributed by atoms with Crippen molar-refractivity contribution in [2.75, 3.05) is 0 Å². The first kappa shape index (κ1) is 17.0. The molecule has 2 aromatic rings. The lowest BCUT2D eigenvalue weighted by Gasteiger charge is -2.17. The molecule has 1 N–H and O–H groups in total. The van der Waals surface area contributed by atoms with E-state index in [0.29, 0.717) is 21.6 Å². The van der Waals surface area contributed by atoms with E-state index in [4.69, 9.17) is 34.8 Å². The van der Waals surface area contributed by atoms with Gasteiger partial charge in [0.25, 0.3) is 0 Å². The summed E-state index contributed by atoms with van der Waals surface area (Å²) in [6.07, 6.45) is 0. The minimum atomic E-state index is -0.268. The fraction of sp³-hybridized carbons (Fsp3) is 0.200. The fourth-order valence-electron chi connectivity index (χ4n) is 1.93. The number of halogens is 5. The van der Waals surface area contributed by atoms with Gasteiger partial charge in [-0.15, -0.1) is 0 Å². The number of hydrogen-bond acceptors (Lipinski definition) is 1. The summed E-state index contributed by atoms with van der Waals surface area (Å²) in [5, 5.41) is 4.49. The largest absolute Gasteiger partial charge is 0.306 e. The van der Waals surface area contributed by atoms with E-state index in [0.717, 1.165) is 15.6 Å². The molecule has 0 amide bonds. The normalized spacial score (nSPS) is 12.5. The van der Waals surface area contributed by atoms with E-state index >= 15 is 0 Å². The van der Waals surface area contributed by atoms with E-state index in [1.54, 1.807) is 12.1 Å². The Bertz CT molecular complexity index is 664. The van der Waals surface area contributed by atoms with Gasteiger partial charge in [-0.25, -0.2) is 4.39 Å². The van der Waals surface area contributed by atoms with Crippen molar-refractivity contribution < 1.29 is 4.39 Å². The second-order valence-corrected chi connectivity index (χ2v) is 6.62. The predicted octanol–water partition coefficient (Wildman–Crippen LogP) is 6.40. The van der Waals surface area contributed by atoms with E-state index in [1.807, 2.05) is 13.0 Å². The minimum absolute atomic E-state index is 0.0533. The van der Waals surface area contributed by atoms with Crippen molar-refractivity contribution in [3.63, 3.8) is 0 Å². The molecule has 0 aliphatic heterocycles. The molecule has 112 valence electrons. The first-order valence-corrected chi connectivity index (χ1v) is 8.13. The third-order valence-corrected chi connectivity index (χ3v) is 5.22. The van der Waals surface area contributed by atoms with Gasteiger partial charge in [-0.3, -0.25) is 0 Å². The Kier molecular flexibility index (Phi) is 5.92. The summed E-state index contributed by atoms with van der Waals surface area (Å²) >= 11 is 21.6. The highest BCUT2D eigenvalue weighted by molar-refractivity contribution is 9.10. The van der Waals surface area contributed by atoms with Crippen LogP contribution in [0.1, 0.15) is 24.1 Å². The quantitative estimate of drug-likeness (QED) is 0.574. The van der Waals surface area contributed by atoms with E-state index < -0.39 is 0 Å². The van der Waals surface area contributed by atoms with Crippen LogP contribution in [0.3, 0.4) is 0 Å². The van der Waals surface area contributed by atoms with Gasteiger partial charge in [0.1, 0.15) is 5.82 Å². The summed E-state index contributed by atoms with van der Waals surface area (Å²) in [6.45, 7) is 2.45. The SMILES string of the molecule is CC(NCc1cc(F)ccc1Br)c1ccc(Cl)c(Cl)c1Cl. The topological polar surface area (TPSA) is 12.0 Å². The number of benzene rings is 2. The van der Waals surface area contributed by atoms with E-state index in [1.165, 1.54) is 12.1 Å². The lowest BCUT2D eigenvalue weighted by atomic mass is 10.1. The molecule has 0 aliphatic rings. The summed E-state index contributed by atoms with van der Waals surface area (Å²) in [5.41, 5.74) is 1.68. The lowest BCUT2D eigenvalue weighted by Crippen LogP contribution is -2.19. The van der Waals surface area contributed by atoms with Crippen molar-refractivity contribution in [1.82, 2.24) is 5.32 Å². The molecule has 1 unspecified atom stereocenters. The molecule has 2 aromatic carbocycles. The second kappa shape index (κ2) is 7.30. The molecule has 0 saturated heterocycles. The number of rotatable bonds is 4. The van der Waals surface area contributed by atoms with E-state index in [2.05, 4.69) is 21.2 Å². The van der Waals surface area contributed by atoms with Crippen LogP contribution in [0.25, 0.3) is 0 Å². The highest BCUT2D eigenvalue weighted by Gasteiger charge is 2.14. The molecule has 0 aromatic heterocycles. The van der Waals surface area contributed by atoms with Crippen molar-refractivity contribution in [3.8, 4) is 0 Å². The molecule has 2 rings (SSSR count). The van der Waals surface area contributed by atoms with Crippen molar-refractivity contribution in [2.24, 2.45) is 0 Å². The molecule has 0 fully saturated rings. The zero-order valence-corrected chi connectivity index (χ0v) is 14.9. The van der Waals surface area contributed by atoms with E-state index in [-0.39, 0.29) is 11.9 Å². The summed E-state index contributed by atoms with van der Waals surface area (Å²) in [5.74, 6) is -0.268. The first-order valence-electron chi connectivity index (χ1n) is 6.21. The number of nitrogens with one attached hydrogen (secondary N) is 1. The van der Waals surface area contributed by atoms with Crippen LogP contribution in [-0.4, -0.2) is 0 Å². The third kappa shape index (κ3) is 4.11. The van der Waals surface area contributed by atoms with Crippen LogP contribution >= 0.6 is 50.7 Å². The van der Waals surface area contributed by atoms with Gasteiger partial charge in [-0.05, 0) is 42.3 Å². The van der Waals surface area contributed by atoms with Crippen LogP contribution in [0, 0.1) is 5.82 Å². The highest BCUT2D eigenvalue weighted by Crippen LogP contribution is 2.35. The van der Waals surface area contributed by atoms with Gasteiger partial charge in [0, 0.05) is 17.1 Å². The van der Waals surface area contributed by atoms with Gasteiger partial charge in [-0.1, -0.05) is 56.8 Å². The fourth-order valence-corrected chi connectivity index (χ4v) is 3.02. The van der Waals surface area contributed by atoms with Crippen LogP contribution in [0.15, 0.2) is 34.8 Å². The molecule has 0 saturated carbocycles. The Morgan fingerprint density at radius 1 is 1.14 bits per heavy atom. The highest BCUT2D eigenvalue weighted by atomic mass is 79.9. The molecular formula is C15H12BrCl3FN. The van der Waals surface area contributed by atoms with Crippen LogP contribution in [0.2, 0.25) is 15.1 Å². The maximum absolute atomic E-state index is 13.3. The Hall–Kier alpha value is -0.320. The minimum Gasteiger partial charge on any atom is -0.306 e. The van der Waals surface area contributed by atoms with Crippen LogP contribution < -0.4 is 5.32 Å². The average Bonchev–Trinajstić information content (AvgIpc) is 2.45. The van der Waals surface area contributed by atoms with Gasteiger partial charge < -0.3 is 5.32 Å². The molecule has 0 heterocycles. The van der Waals surface area contributed by atoms with Gasteiger partial charge >= 0.3 is 0 Å². The molecule has 1 atom stereocenters. The van der Waals surface area contributed by atoms with E-state index in [9.17, 15) is 4.39 Å². The van der Waals surface area contributed by atoms with Crippen molar-refractivity contribution in [1.29, 1.82) is 0 Å². The van der Waals surface area contributed by atoms with Gasteiger partial charge in [0.05, 0.1) is 15.1 Å². The Labute approximate surface area is 146 Å². The Balaban J connectivity index is 2.14. The Morgan fingerprint density at radius 2 is 1.86 bits per heavy atom. The number of hydrogen-bond donors (Lipinski definition) is 1. The average molecular weight is 412 g/mol. The standard InChI is InChI=1S/C15H12BrCl3FN/c1-8(11-3-5-13(17)15(19)14(11)18)21-7-9-6-10(20)2-4-12(9)16/h2-6,8,21H,7H2,1H3. The van der Waals surface area contributed by atoms with Gasteiger partial charge in [-0.2, -0.15) is 0 Å². The molecule has 0 aliphatic carbocycles. The monoisotopic (exact) mass is 409 g/mol. The first-order chi connectivity index (χ1) is 9.90. The smallest absolute Gasteiger partial charge is 0.123 e. The molecule has 1 nitrogen and oxygen atoms in total. The van der Waals surface area contributed by atoms with Crippen LogP contribution in [0.5, 0.6) is 0 Å². The van der Waals surface area contributed by atoms with Gasteiger partial charge in [0.15, 0.2) is 0 Å². The lowest BCUT2D eigenvalue weighted by molar-refractivity contribution is 0.568. The summed E-state index contributed by atoms with van der Waals surface area (Å²) in [4.78, 5) is 0. The van der Waals surface area contributed by atoms with Crippen molar-refractivity contribution >= 4 is 50.7 Å². The summed E-state index contributed by atoms with van der Waals surface area (Å²) in [6, 6.07) is 8.06. The summed E-state index contributed by atoms with van der Waals surface area (Å²) < 4.78 is 14.1. The zero-order chi connectivity index (χ0) is 15.6. The predicted molar refractivity (Wildman–Crippen MR) is 90.8 cm³/mol. The molecular weight excluding hydrogens is 399 g/mol. The zero-order valence-electron chi connectivity index (χ0n) is 11.1.